The molecule has 1 aliphatic carbocycles. The Hall–Kier alpha value is -1.02. The van der Waals surface area contributed by atoms with Gasteiger partial charge in [-0.15, -0.1) is 0 Å². The van der Waals surface area contributed by atoms with Crippen molar-refractivity contribution in [3.63, 3.8) is 0 Å². The zero-order valence-electron chi connectivity index (χ0n) is 11.3. The minimum atomic E-state index is 0.692. The molecule has 0 spiro atoms. The topological polar surface area (TPSA) is 21.3 Å². The lowest BCUT2D eigenvalue weighted by atomic mass is 9.93. The zero-order chi connectivity index (χ0) is 12.4. The predicted octanol–water partition coefficient (Wildman–Crippen LogP) is 2.87. The summed E-state index contributed by atoms with van der Waals surface area (Å²) in [6.45, 7) is 1.20. The quantitative estimate of drug-likeness (QED) is 0.884. The van der Waals surface area contributed by atoms with E-state index >= 15 is 0 Å². The molecule has 0 radical (unpaired) electrons. The summed E-state index contributed by atoms with van der Waals surface area (Å²) >= 11 is 0. The second-order valence-corrected chi connectivity index (χ2v) is 5.59. The Labute approximate surface area is 110 Å². The van der Waals surface area contributed by atoms with Gasteiger partial charge in [0.2, 0.25) is 0 Å². The van der Waals surface area contributed by atoms with Gasteiger partial charge in [0.1, 0.15) is 5.75 Å². The molecule has 98 valence electrons. The Morgan fingerprint density at radius 2 is 2.06 bits per heavy atom. The molecule has 1 atom stereocenters. The van der Waals surface area contributed by atoms with Gasteiger partial charge in [-0.2, -0.15) is 0 Å². The molecule has 2 aliphatic rings. The molecule has 18 heavy (non-hydrogen) atoms. The van der Waals surface area contributed by atoms with E-state index in [0.29, 0.717) is 6.04 Å². The van der Waals surface area contributed by atoms with E-state index in [1.54, 1.807) is 18.2 Å². The smallest absolute Gasteiger partial charge is 0.122 e. The molecule has 0 saturated carbocycles. The standard InChI is InChI=1S/C16H23NO/c1-18-16-9-8-12(14-6-4-7-15(14)16)11-13-5-2-3-10-17-13/h8-9,13,17H,2-7,10-11H2,1H3. The monoisotopic (exact) mass is 245 g/mol. The van der Waals surface area contributed by atoms with Gasteiger partial charge < -0.3 is 10.1 Å². The summed E-state index contributed by atoms with van der Waals surface area (Å²) in [7, 11) is 1.79. The van der Waals surface area contributed by atoms with Crippen LogP contribution < -0.4 is 10.1 Å². The number of nitrogens with one attached hydrogen (secondary N) is 1. The molecule has 1 aromatic rings. The molecule has 1 heterocycles. The van der Waals surface area contributed by atoms with E-state index in [-0.39, 0.29) is 0 Å². The lowest BCUT2D eigenvalue weighted by Crippen LogP contribution is -2.35. The molecule has 1 aromatic carbocycles. The van der Waals surface area contributed by atoms with Crippen LogP contribution in [0.15, 0.2) is 12.1 Å². The van der Waals surface area contributed by atoms with E-state index in [9.17, 15) is 0 Å². The Morgan fingerprint density at radius 3 is 2.83 bits per heavy atom. The third kappa shape index (κ3) is 2.26. The van der Waals surface area contributed by atoms with E-state index in [2.05, 4.69) is 17.4 Å². The van der Waals surface area contributed by atoms with Crippen molar-refractivity contribution < 1.29 is 4.74 Å². The van der Waals surface area contributed by atoms with Gasteiger partial charge in [0.15, 0.2) is 0 Å². The number of benzene rings is 1. The minimum Gasteiger partial charge on any atom is -0.496 e. The molecule has 0 bridgehead atoms. The van der Waals surface area contributed by atoms with E-state index in [4.69, 9.17) is 4.74 Å². The van der Waals surface area contributed by atoms with Crippen molar-refractivity contribution in [1.29, 1.82) is 0 Å². The van der Waals surface area contributed by atoms with Gasteiger partial charge in [-0.05, 0) is 67.8 Å². The van der Waals surface area contributed by atoms with Crippen molar-refractivity contribution in [3.05, 3.63) is 28.8 Å². The highest BCUT2D eigenvalue weighted by molar-refractivity contribution is 5.48. The van der Waals surface area contributed by atoms with Crippen LogP contribution >= 0.6 is 0 Å². The zero-order valence-corrected chi connectivity index (χ0v) is 11.3. The number of rotatable bonds is 3. The Bertz CT molecular complexity index is 421. The van der Waals surface area contributed by atoms with Crippen LogP contribution in [0.2, 0.25) is 0 Å². The van der Waals surface area contributed by atoms with Gasteiger partial charge in [-0.3, -0.25) is 0 Å². The van der Waals surface area contributed by atoms with Crippen LogP contribution in [-0.4, -0.2) is 19.7 Å². The number of piperidine rings is 1. The maximum Gasteiger partial charge on any atom is 0.122 e. The van der Waals surface area contributed by atoms with Crippen molar-refractivity contribution in [3.8, 4) is 5.75 Å². The number of hydrogen-bond donors (Lipinski definition) is 1. The van der Waals surface area contributed by atoms with E-state index < -0.39 is 0 Å². The van der Waals surface area contributed by atoms with E-state index in [1.165, 1.54) is 57.1 Å². The molecule has 0 amide bonds. The average Bonchev–Trinajstić information content (AvgIpc) is 2.90. The summed E-state index contributed by atoms with van der Waals surface area (Å²) in [6, 6.07) is 5.15. The van der Waals surface area contributed by atoms with Gasteiger partial charge in [0.05, 0.1) is 7.11 Å². The van der Waals surface area contributed by atoms with Crippen LogP contribution in [0.25, 0.3) is 0 Å². The van der Waals surface area contributed by atoms with Crippen LogP contribution in [0.1, 0.15) is 42.4 Å². The largest absolute Gasteiger partial charge is 0.496 e. The summed E-state index contributed by atoms with van der Waals surface area (Å²) in [5.74, 6) is 1.10. The first-order chi connectivity index (χ1) is 8.88. The molecule has 2 heteroatoms. The van der Waals surface area contributed by atoms with Gasteiger partial charge in [-0.25, -0.2) is 0 Å². The highest BCUT2D eigenvalue weighted by atomic mass is 16.5. The summed E-state index contributed by atoms with van der Waals surface area (Å²) in [4.78, 5) is 0. The first-order valence-electron chi connectivity index (χ1n) is 7.29. The highest BCUT2D eigenvalue weighted by Gasteiger charge is 2.21. The molecule has 1 saturated heterocycles. The maximum absolute atomic E-state index is 5.49. The molecular formula is C16H23NO. The molecular weight excluding hydrogens is 222 g/mol. The summed E-state index contributed by atoms with van der Waals surface area (Å²) < 4.78 is 5.49. The maximum atomic E-state index is 5.49. The van der Waals surface area contributed by atoms with Gasteiger partial charge in [0, 0.05) is 6.04 Å². The van der Waals surface area contributed by atoms with Gasteiger partial charge >= 0.3 is 0 Å². The number of ether oxygens (including phenoxy) is 1. The minimum absolute atomic E-state index is 0.692. The second-order valence-electron chi connectivity index (χ2n) is 5.59. The first-order valence-corrected chi connectivity index (χ1v) is 7.29. The van der Waals surface area contributed by atoms with Crippen LogP contribution in [0.3, 0.4) is 0 Å². The normalized spacial score (nSPS) is 22.8. The summed E-state index contributed by atoms with van der Waals surface area (Å²) in [6.07, 6.45) is 9.00. The molecule has 0 aromatic heterocycles. The third-order valence-electron chi connectivity index (χ3n) is 4.44. The van der Waals surface area contributed by atoms with Crippen molar-refractivity contribution in [2.24, 2.45) is 0 Å². The summed E-state index contributed by atoms with van der Waals surface area (Å²) in [5.41, 5.74) is 4.62. The fraction of sp³-hybridized carbons (Fsp3) is 0.625. The van der Waals surface area contributed by atoms with Gasteiger partial charge in [-0.1, -0.05) is 12.5 Å². The first kappa shape index (κ1) is 12.0. The van der Waals surface area contributed by atoms with Crippen molar-refractivity contribution in [1.82, 2.24) is 5.32 Å². The summed E-state index contributed by atoms with van der Waals surface area (Å²) in [5, 5.41) is 3.66. The molecule has 1 unspecified atom stereocenters. The Morgan fingerprint density at radius 1 is 1.17 bits per heavy atom. The molecule has 1 aliphatic heterocycles. The number of methoxy groups -OCH3 is 1. The molecule has 2 nitrogen and oxygen atoms in total. The fourth-order valence-corrected chi connectivity index (χ4v) is 3.49. The van der Waals surface area contributed by atoms with Crippen molar-refractivity contribution in [2.75, 3.05) is 13.7 Å². The lowest BCUT2D eigenvalue weighted by molar-refractivity contribution is 0.397. The molecule has 1 N–H and O–H groups in total. The van der Waals surface area contributed by atoms with Crippen LogP contribution in [0.5, 0.6) is 5.75 Å². The Kier molecular flexibility index (Phi) is 3.55. The van der Waals surface area contributed by atoms with Gasteiger partial charge in [0.25, 0.3) is 0 Å². The highest BCUT2D eigenvalue weighted by Crippen LogP contribution is 2.34. The predicted molar refractivity (Wildman–Crippen MR) is 74.4 cm³/mol. The number of fused-ring (bicyclic) bond motifs is 1. The van der Waals surface area contributed by atoms with Crippen molar-refractivity contribution >= 4 is 0 Å². The third-order valence-corrected chi connectivity index (χ3v) is 4.44. The second kappa shape index (κ2) is 5.31. The van der Waals surface area contributed by atoms with Crippen molar-refractivity contribution in [2.45, 2.75) is 51.0 Å². The van der Waals surface area contributed by atoms with E-state index in [0.717, 1.165) is 5.75 Å². The Balaban J connectivity index is 1.82. The van der Waals surface area contributed by atoms with Crippen LogP contribution in [-0.2, 0) is 19.3 Å². The number of hydrogen-bond acceptors (Lipinski definition) is 2. The van der Waals surface area contributed by atoms with Crippen LogP contribution in [0.4, 0.5) is 0 Å². The molecule has 1 fully saturated rings. The lowest BCUT2D eigenvalue weighted by Gasteiger charge is -2.24. The molecule has 3 rings (SSSR count). The van der Waals surface area contributed by atoms with Crippen LogP contribution in [0, 0.1) is 0 Å². The average molecular weight is 245 g/mol. The fourth-order valence-electron chi connectivity index (χ4n) is 3.49. The SMILES string of the molecule is COc1ccc(CC2CCCCN2)c2c1CCC2. The van der Waals surface area contributed by atoms with E-state index in [1.807, 2.05) is 0 Å².